The second-order valence-corrected chi connectivity index (χ2v) is 5.77. The Morgan fingerprint density at radius 1 is 1.50 bits per heavy atom. The number of nitrogens with one attached hydrogen (secondary N) is 1. The predicted octanol–water partition coefficient (Wildman–Crippen LogP) is 2.57. The van der Waals surface area contributed by atoms with Crippen LogP contribution >= 0.6 is 15.9 Å². The van der Waals surface area contributed by atoms with Gasteiger partial charge in [0.1, 0.15) is 0 Å². The number of halogens is 1. The topological polar surface area (TPSA) is 46.9 Å². The quantitative estimate of drug-likeness (QED) is 0.849. The van der Waals surface area contributed by atoms with Gasteiger partial charge >= 0.3 is 0 Å². The Morgan fingerprint density at radius 3 is 2.72 bits per heavy atom. The molecule has 1 amide bonds. The Balaban J connectivity index is 1.71. The highest BCUT2D eigenvalue weighted by Gasteiger charge is 2.24. The van der Waals surface area contributed by atoms with Gasteiger partial charge in [0.15, 0.2) is 0 Å². The molecule has 100 valence electrons. The molecule has 1 aliphatic rings. The summed E-state index contributed by atoms with van der Waals surface area (Å²) in [5, 5.41) is 7.45. The van der Waals surface area contributed by atoms with E-state index in [4.69, 9.17) is 0 Å². The van der Waals surface area contributed by atoms with Gasteiger partial charge in [-0.3, -0.25) is 9.48 Å². The Labute approximate surface area is 116 Å². The zero-order chi connectivity index (χ0) is 13.1. The molecule has 2 rings (SSSR count). The standard InChI is InChI=1S/C13H20BrN3O/c1-9-12(14)10(2)17(16-9)8-4-7-15-13(18)11-5-3-6-11/h11H,3-8H2,1-2H3,(H,15,18). The van der Waals surface area contributed by atoms with Crippen LogP contribution in [0.2, 0.25) is 0 Å². The maximum absolute atomic E-state index is 11.6. The van der Waals surface area contributed by atoms with Crippen LogP contribution in [0.5, 0.6) is 0 Å². The molecule has 5 heteroatoms. The molecule has 1 fully saturated rings. The van der Waals surface area contributed by atoms with Gasteiger partial charge in [-0.05, 0) is 49.0 Å². The van der Waals surface area contributed by atoms with E-state index in [1.807, 2.05) is 11.6 Å². The predicted molar refractivity (Wildman–Crippen MR) is 74.4 cm³/mol. The Morgan fingerprint density at radius 2 is 2.22 bits per heavy atom. The first-order valence-electron chi connectivity index (χ1n) is 6.57. The largest absolute Gasteiger partial charge is 0.356 e. The SMILES string of the molecule is Cc1nn(CCCNC(=O)C2CCC2)c(C)c1Br. The summed E-state index contributed by atoms with van der Waals surface area (Å²) < 4.78 is 3.08. The third-order valence-electron chi connectivity index (χ3n) is 3.62. The summed E-state index contributed by atoms with van der Waals surface area (Å²) in [6, 6.07) is 0. The highest BCUT2D eigenvalue weighted by molar-refractivity contribution is 9.10. The summed E-state index contributed by atoms with van der Waals surface area (Å²) in [6.07, 6.45) is 4.26. The molecule has 0 aliphatic heterocycles. The second kappa shape index (κ2) is 5.87. The number of carbonyl (C=O) groups excluding carboxylic acids is 1. The van der Waals surface area contributed by atoms with Crippen LogP contribution in [0.3, 0.4) is 0 Å². The van der Waals surface area contributed by atoms with E-state index in [-0.39, 0.29) is 11.8 Å². The first-order valence-corrected chi connectivity index (χ1v) is 7.36. The number of aryl methyl sites for hydroxylation is 2. The fourth-order valence-corrected chi connectivity index (χ4v) is 2.43. The van der Waals surface area contributed by atoms with Gasteiger partial charge in [0.2, 0.25) is 5.91 Å². The first kappa shape index (κ1) is 13.6. The second-order valence-electron chi connectivity index (χ2n) is 4.98. The van der Waals surface area contributed by atoms with Gasteiger partial charge in [0.05, 0.1) is 10.2 Å². The number of hydrogen-bond donors (Lipinski definition) is 1. The first-order chi connectivity index (χ1) is 8.59. The van der Waals surface area contributed by atoms with Crippen molar-refractivity contribution in [3.05, 3.63) is 15.9 Å². The molecule has 1 heterocycles. The zero-order valence-electron chi connectivity index (χ0n) is 11.0. The molecule has 0 aromatic carbocycles. The number of aromatic nitrogens is 2. The van der Waals surface area contributed by atoms with E-state index in [1.54, 1.807) is 0 Å². The van der Waals surface area contributed by atoms with E-state index in [2.05, 4.69) is 33.3 Å². The average Bonchev–Trinajstić information content (AvgIpc) is 2.50. The van der Waals surface area contributed by atoms with Crippen molar-refractivity contribution in [3.63, 3.8) is 0 Å². The Kier molecular flexibility index (Phi) is 4.43. The lowest BCUT2D eigenvalue weighted by Crippen LogP contribution is -2.35. The third-order valence-corrected chi connectivity index (χ3v) is 4.76. The molecular weight excluding hydrogens is 294 g/mol. The molecule has 1 aromatic rings. The van der Waals surface area contributed by atoms with Crippen LogP contribution in [-0.4, -0.2) is 22.2 Å². The molecule has 18 heavy (non-hydrogen) atoms. The van der Waals surface area contributed by atoms with Crippen LogP contribution in [-0.2, 0) is 11.3 Å². The highest BCUT2D eigenvalue weighted by Crippen LogP contribution is 2.26. The molecule has 1 aromatic heterocycles. The van der Waals surface area contributed by atoms with E-state index in [0.29, 0.717) is 0 Å². The highest BCUT2D eigenvalue weighted by atomic mass is 79.9. The summed E-state index contributed by atoms with van der Waals surface area (Å²) in [6.45, 7) is 5.64. The van der Waals surface area contributed by atoms with Crippen molar-refractivity contribution in [2.75, 3.05) is 6.54 Å². The summed E-state index contributed by atoms with van der Waals surface area (Å²) in [5.41, 5.74) is 2.17. The van der Waals surface area contributed by atoms with Gasteiger partial charge in [-0.25, -0.2) is 0 Å². The minimum atomic E-state index is 0.232. The van der Waals surface area contributed by atoms with Crippen molar-refractivity contribution in [2.24, 2.45) is 5.92 Å². The minimum Gasteiger partial charge on any atom is -0.356 e. The van der Waals surface area contributed by atoms with Crippen molar-refractivity contribution in [1.29, 1.82) is 0 Å². The maximum Gasteiger partial charge on any atom is 0.223 e. The fraction of sp³-hybridized carbons (Fsp3) is 0.692. The lowest BCUT2D eigenvalue weighted by Gasteiger charge is -2.24. The molecule has 0 saturated heterocycles. The third kappa shape index (κ3) is 2.94. The van der Waals surface area contributed by atoms with Crippen LogP contribution in [0, 0.1) is 19.8 Å². The van der Waals surface area contributed by atoms with Crippen LogP contribution in [0.1, 0.15) is 37.1 Å². The lowest BCUT2D eigenvalue weighted by molar-refractivity contribution is -0.127. The number of nitrogens with zero attached hydrogens (tertiary/aromatic N) is 2. The molecule has 0 radical (unpaired) electrons. The Hall–Kier alpha value is -0.840. The maximum atomic E-state index is 11.6. The van der Waals surface area contributed by atoms with Gasteiger partial charge in [0, 0.05) is 24.7 Å². The summed E-state index contributed by atoms with van der Waals surface area (Å²) in [5.74, 6) is 0.517. The lowest BCUT2D eigenvalue weighted by atomic mass is 9.85. The van der Waals surface area contributed by atoms with Crippen molar-refractivity contribution in [2.45, 2.75) is 46.1 Å². The van der Waals surface area contributed by atoms with Gasteiger partial charge in [-0.2, -0.15) is 5.10 Å². The van der Waals surface area contributed by atoms with Gasteiger partial charge < -0.3 is 5.32 Å². The van der Waals surface area contributed by atoms with E-state index in [0.717, 1.165) is 48.2 Å². The van der Waals surface area contributed by atoms with E-state index < -0.39 is 0 Å². The molecule has 0 spiro atoms. The van der Waals surface area contributed by atoms with Gasteiger partial charge in [0.25, 0.3) is 0 Å². The van der Waals surface area contributed by atoms with Crippen molar-refractivity contribution in [3.8, 4) is 0 Å². The number of carbonyl (C=O) groups is 1. The molecule has 0 bridgehead atoms. The summed E-state index contributed by atoms with van der Waals surface area (Å²) in [4.78, 5) is 11.6. The monoisotopic (exact) mass is 313 g/mol. The Bertz CT molecular complexity index is 438. The van der Waals surface area contributed by atoms with Crippen LogP contribution < -0.4 is 5.32 Å². The van der Waals surface area contributed by atoms with E-state index in [1.165, 1.54) is 6.42 Å². The fourth-order valence-electron chi connectivity index (χ4n) is 2.15. The molecule has 1 saturated carbocycles. The molecule has 1 aliphatic carbocycles. The van der Waals surface area contributed by atoms with Crippen molar-refractivity contribution >= 4 is 21.8 Å². The van der Waals surface area contributed by atoms with Crippen LogP contribution in [0.4, 0.5) is 0 Å². The smallest absolute Gasteiger partial charge is 0.223 e. The summed E-state index contributed by atoms with van der Waals surface area (Å²) in [7, 11) is 0. The van der Waals surface area contributed by atoms with Gasteiger partial charge in [-0.15, -0.1) is 0 Å². The normalized spacial score (nSPS) is 15.5. The van der Waals surface area contributed by atoms with Gasteiger partial charge in [-0.1, -0.05) is 6.42 Å². The number of rotatable bonds is 5. The van der Waals surface area contributed by atoms with E-state index in [9.17, 15) is 4.79 Å². The molecule has 0 unspecified atom stereocenters. The molecular formula is C13H20BrN3O. The zero-order valence-corrected chi connectivity index (χ0v) is 12.6. The molecule has 0 atom stereocenters. The number of hydrogen-bond acceptors (Lipinski definition) is 2. The van der Waals surface area contributed by atoms with E-state index >= 15 is 0 Å². The van der Waals surface area contributed by atoms with Crippen LogP contribution in [0.15, 0.2) is 4.47 Å². The number of amides is 1. The molecule has 1 N–H and O–H groups in total. The minimum absolute atomic E-state index is 0.232. The van der Waals surface area contributed by atoms with Crippen molar-refractivity contribution < 1.29 is 4.79 Å². The summed E-state index contributed by atoms with van der Waals surface area (Å²) >= 11 is 3.52. The molecule has 4 nitrogen and oxygen atoms in total. The van der Waals surface area contributed by atoms with Crippen LogP contribution in [0.25, 0.3) is 0 Å². The average molecular weight is 314 g/mol. The van der Waals surface area contributed by atoms with Crippen molar-refractivity contribution in [1.82, 2.24) is 15.1 Å².